The molecule has 1 atom stereocenters. The fraction of sp³-hybridized carbons (Fsp3) is 0.500. The zero-order valence-corrected chi connectivity index (χ0v) is 10.8. The summed E-state index contributed by atoms with van der Waals surface area (Å²) in [6.07, 6.45) is 1.23. The molecule has 2 rings (SSSR count). The summed E-state index contributed by atoms with van der Waals surface area (Å²) in [5.41, 5.74) is 0.920. The molecule has 2 N–H and O–H groups in total. The molecule has 1 aromatic rings. The summed E-state index contributed by atoms with van der Waals surface area (Å²) in [6.45, 7) is 1.62. The van der Waals surface area contributed by atoms with Crippen molar-refractivity contribution < 1.29 is 12.8 Å². The van der Waals surface area contributed by atoms with E-state index in [1.807, 2.05) is 0 Å². The van der Waals surface area contributed by atoms with Gasteiger partial charge in [0, 0.05) is 13.1 Å². The van der Waals surface area contributed by atoms with Gasteiger partial charge in [0.2, 0.25) is 10.0 Å². The number of benzene rings is 1. The van der Waals surface area contributed by atoms with Gasteiger partial charge in [-0.1, -0.05) is 12.1 Å². The van der Waals surface area contributed by atoms with Gasteiger partial charge in [-0.2, -0.15) is 0 Å². The molecule has 1 heterocycles. The topological polar surface area (TPSA) is 58.2 Å². The van der Waals surface area contributed by atoms with Crippen molar-refractivity contribution in [3.8, 4) is 0 Å². The van der Waals surface area contributed by atoms with E-state index in [2.05, 4.69) is 10.0 Å². The Balaban J connectivity index is 1.82. The lowest BCUT2D eigenvalue weighted by Gasteiger charge is -2.11. The van der Waals surface area contributed by atoms with Crippen LogP contribution in [0, 0.1) is 5.82 Å². The lowest BCUT2D eigenvalue weighted by atomic mass is 10.1. The third kappa shape index (κ3) is 3.51. The fourth-order valence-corrected chi connectivity index (χ4v) is 3.39. The molecule has 1 aliphatic heterocycles. The zero-order chi connectivity index (χ0) is 13.0. The van der Waals surface area contributed by atoms with Crippen molar-refractivity contribution in [2.45, 2.75) is 18.1 Å². The van der Waals surface area contributed by atoms with Crippen molar-refractivity contribution >= 4 is 10.0 Å². The van der Waals surface area contributed by atoms with Crippen LogP contribution in [0.25, 0.3) is 0 Å². The molecule has 0 radical (unpaired) electrons. The van der Waals surface area contributed by atoms with Crippen LogP contribution in [0.4, 0.5) is 4.39 Å². The summed E-state index contributed by atoms with van der Waals surface area (Å²) in [7, 11) is -3.22. The molecule has 4 nitrogen and oxygen atoms in total. The molecule has 100 valence electrons. The Morgan fingerprint density at radius 2 is 2.06 bits per heavy atom. The van der Waals surface area contributed by atoms with Gasteiger partial charge in [-0.15, -0.1) is 0 Å². The Hall–Kier alpha value is -0.980. The summed E-state index contributed by atoms with van der Waals surface area (Å²) in [5.74, 6) is -0.281. The van der Waals surface area contributed by atoms with Crippen LogP contribution in [-0.4, -0.2) is 33.3 Å². The number of halogens is 1. The first-order chi connectivity index (χ1) is 8.58. The standard InChI is InChI=1S/C12H17FN2O2S/c13-11-3-1-10(2-4-11)5-8-15-18(16,17)12-6-7-14-9-12/h1-4,12,14-15H,5-9H2. The van der Waals surface area contributed by atoms with E-state index in [0.29, 0.717) is 25.9 Å². The molecule has 1 aliphatic rings. The summed E-state index contributed by atoms with van der Waals surface area (Å²) in [4.78, 5) is 0. The van der Waals surface area contributed by atoms with E-state index in [-0.39, 0.29) is 11.1 Å². The van der Waals surface area contributed by atoms with E-state index >= 15 is 0 Å². The minimum atomic E-state index is -3.22. The van der Waals surface area contributed by atoms with Crippen molar-refractivity contribution in [3.63, 3.8) is 0 Å². The summed E-state index contributed by atoms with van der Waals surface area (Å²) in [5, 5.41) is 2.70. The van der Waals surface area contributed by atoms with E-state index < -0.39 is 10.0 Å². The zero-order valence-electron chi connectivity index (χ0n) is 10.0. The average Bonchev–Trinajstić information content (AvgIpc) is 2.86. The molecule has 1 unspecified atom stereocenters. The predicted molar refractivity (Wildman–Crippen MR) is 68.3 cm³/mol. The maximum atomic E-state index is 12.7. The van der Waals surface area contributed by atoms with Crippen molar-refractivity contribution in [2.75, 3.05) is 19.6 Å². The highest BCUT2D eigenvalue weighted by Gasteiger charge is 2.27. The summed E-state index contributed by atoms with van der Waals surface area (Å²) in [6, 6.07) is 6.09. The van der Waals surface area contributed by atoms with E-state index in [0.717, 1.165) is 12.1 Å². The second-order valence-electron chi connectivity index (χ2n) is 4.43. The number of sulfonamides is 1. The maximum absolute atomic E-state index is 12.7. The summed E-state index contributed by atoms with van der Waals surface area (Å²) < 4.78 is 39.0. The van der Waals surface area contributed by atoms with Gasteiger partial charge in [-0.05, 0) is 37.1 Å². The third-order valence-corrected chi connectivity index (χ3v) is 4.97. The van der Waals surface area contributed by atoms with Crippen LogP contribution < -0.4 is 10.0 Å². The normalized spacial score (nSPS) is 20.2. The molecule has 0 spiro atoms. The highest BCUT2D eigenvalue weighted by atomic mass is 32.2. The van der Waals surface area contributed by atoms with Gasteiger partial charge >= 0.3 is 0 Å². The molecule has 1 aromatic carbocycles. The van der Waals surface area contributed by atoms with Crippen molar-refractivity contribution in [3.05, 3.63) is 35.6 Å². The number of nitrogens with one attached hydrogen (secondary N) is 2. The Kier molecular flexibility index (Phi) is 4.31. The monoisotopic (exact) mass is 272 g/mol. The molecule has 6 heteroatoms. The predicted octanol–water partition coefficient (Wildman–Crippen LogP) is 0.649. The highest BCUT2D eigenvalue weighted by molar-refractivity contribution is 7.90. The molecule has 1 saturated heterocycles. The van der Waals surface area contributed by atoms with Gasteiger partial charge in [-0.3, -0.25) is 0 Å². The maximum Gasteiger partial charge on any atom is 0.215 e. The Morgan fingerprint density at radius 3 is 2.67 bits per heavy atom. The molecule has 0 aliphatic carbocycles. The van der Waals surface area contributed by atoms with Crippen LogP contribution in [0.2, 0.25) is 0 Å². The largest absolute Gasteiger partial charge is 0.315 e. The van der Waals surface area contributed by atoms with Gasteiger partial charge in [0.05, 0.1) is 5.25 Å². The molecule has 0 amide bonds. The molecule has 0 aromatic heterocycles. The van der Waals surface area contributed by atoms with E-state index in [1.54, 1.807) is 12.1 Å². The van der Waals surface area contributed by atoms with E-state index in [9.17, 15) is 12.8 Å². The SMILES string of the molecule is O=S(=O)(NCCc1ccc(F)cc1)C1CCNC1. The van der Waals surface area contributed by atoms with Gasteiger partial charge in [-0.25, -0.2) is 17.5 Å². The van der Waals surface area contributed by atoms with Gasteiger partial charge in [0.15, 0.2) is 0 Å². The van der Waals surface area contributed by atoms with Crippen LogP contribution in [-0.2, 0) is 16.4 Å². The Morgan fingerprint density at radius 1 is 1.33 bits per heavy atom. The first-order valence-electron chi connectivity index (χ1n) is 6.01. The lowest BCUT2D eigenvalue weighted by Crippen LogP contribution is -2.36. The summed E-state index contributed by atoms with van der Waals surface area (Å²) >= 11 is 0. The van der Waals surface area contributed by atoms with Crippen molar-refractivity contribution in [2.24, 2.45) is 0 Å². The molecule has 1 fully saturated rings. The third-order valence-electron chi connectivity index (χ3n) is 3.08. The Bertz CT molecular complexity index is 481. The minimum absolute atomic E-state index is 0.281. The van der Waals surface area contributed by atoms with Crippen LogP contribution in [0.15, 0.2) is 24.3 Å². The molecule has 0 saturated carbocycles. The van der Waals surface area contributed by atoms with Crippen molar-refractivity contribution in [1.29, 1.82) is 0 Å². The smallest absolute Gasteiger partial charge is 0.215 e. The number of hydrogen-bond acceptors (Lipinski definition) is 3. The Labute approximate surface area is 107 Å². The average molecular weight is 272 g/mol. The molecular weight excluding hydrogens is 255 g/mol. The van der Waals surface area contributed by atoms with Gasteiger partial charge in [0.25, 0.3) is 0 Å². The van der Waals surface area contributed by atoms with Crippen LogP contribution in [0.3, 0.4) is 0 Å². The quantitative estimate of drug-likeness (QED) is 0.827. The van der Waals surface area contributed by atoms with Crippen LogP contribution in [0.5, 0.6) is 0 Å². The minimum Gasteiger partial charge on any atom is -0.315 e. The number of hydrogen-bond donors (Lipinski definition) is 2. The van der Waals surface area contributed by atoms with Crippen LogP contribution in [0.1, 0.15) is 12.0 Å². The highest BCUT2D eigenvalue weighted by Crippen LogP contribution is 2.08. The fourth-order valence-electron chi connectivity index (χ4n) is 2.00. The molecule has 18 heavy (non-hydrogen) atoms. The first kappa shape index (κ1) is 13.5. The van der Waals surface area contributed by atoms with E-state index in [4.69, 9.17) is 0 Å². The molecule has 0 bridgehead atoms. The van der Waals surface area contributed by atoms with Crippen LogP contribution >= 0.6 is 0 Å². The molecular formula is C12H17FN2O2S. The van der Waals surface area contributed by atoms with E-state index in [1.165, 1.54) is 12.1 Å². The second kappa shape index (κ2) is 5.77. The van der Waals surface area contributed by atoms with Gasteiger partial charge in [0.1, 0.15) is 5.82 Å². The first-order valence-corrected chi connectivity index (χ1v) is 7.56. The lowest BCUT2D eigenvalue weighted by molar-refractivity contribution is 0.568. The van der Waals surface area contributed by atoms with Crippen molar-refractivity contribution in [1.82, 2.24) is 10.0 Å². The second-order valence-corrected chi connectivity index (χ2v) is 6.48. The van der Waals surface area contributed by atoms with Gasteiger partial charge < -0.3 is 5.32 Å². The number of rotatable bonds is 5.